The third kappa shape index (κ3) is 13.4. The smallest absolute Gasteiger partial charge is 0.224 e. The number of rotatable bonds is 18. The summed E-state index contributed by atoms with van der Waals surface area (Å²) in [6.07, 6.45) is 17.9. The van der Waals surface area contributed by atoms with Crippen LogP contribution in [0.1, 0.15) is 117 Å². The molecule has 0 spiro atoms. The Labute approximate surface area is 220 Å². The van der Waals surface area contributed by atoms with Crippen LogP contribution in [0.4, 0.5) is 11.4 Å². The molecule has 1 aromatic rings. The average molecular weight is 674 g/mol. The van der Waals surface area contributed by atoms with Crippen molar-refractivity contribution < 1.29 is 9.59 Å². The molecule has 0 aliphatic rings. The van der Waals surface area contributed by atoms with Gasteiger partial charge in [-0.1, -0.05) is 90.9 Å². The lowest BCUT2D eigenvalue weighted by molar-refractivity contribution is -0.117. The quantitative estimate of drug-likeness (QED) is 0.121. The third-order valence-corrected chi connectivity index (χ3v) is 8.53. The van der Waals surface area contributed by atoms with E-state index in [0.717, 1.165) is 42.8 Å². The summed E-state index contributed by atoms with van der Waals surface area (Å²) in [5.41, 5.74) is 1.55. The number of carbonyl (C=O) groups is 2. The largest absolute Gasteiger partial charge is 0.323 e. The van der Waals surface area contributed by atoms with E-state index in [1.807, 2.05) is 0 Å². The lowest BCUT2D eigenvalue weighted by atomic mass is 10.1. The summed E-state index contributed by atoms with van der Waals surface area (Å²) in [6.45, 7) is 4.45. The standard InChI is InChI=1S/C24H40I2N2O2S/c1-3-5-7-9-11-13-15-17-19(29)27-21-22(24(26)31-23(21)25)28-20(30)18-16-14-12-10-8-6-4-2/h3-18H2,1-2H3,(H,27,29)(H,28,30). The monoisotopic (exact) mass is 674 g/mol. The van der Waals surface area contributed by atoms with Gasteiger partial charge < -0.3 is 10.6 Å². The minimum atomic E-state index is 0.0447. The highest BCUT2D eigenvalue weighted by molar-refractivity contribution is 14.1. The molecule has 0 fully saturated rings. The van der Waals surface area contributed by atoms with Crippen LogP contribution in [-0.2, 0) is 9.59 Å². The lowest BCUT2D eigenvalue weighted by Crippen LogP contribution is -2.16. The van der Waals surface area contributed by atoms with Gasteiger partial charge in [0.2, 0.25) is 11.8 Å². The van der Waals surface area contributed by atoms with E-state index in [4.69, 9.17) is 0 Å². The fourth-order valence-corrected chi connectivity index (χ4v) is 7.55. The minimum absolute atomic E-state index is 0.0447. The number of hydrogen-bond donors (Lipinski definition) is 2. The van der Waals surface area contributed by atoms with E-state index in [2.05, 4.69) is 69.7 Å². The van der Waals surface area contributed by atoms with E-state index in [0.29, 0.717) is 12.8 Å². The van der Waals surface area contributed by atoms with Gasteiger partial charge in [-0.05, 0) is 58.0 Å². The van der Waals surface area contributed by atoms with Crippen LogP contribution < -0.4 is 10.6 Å². The van der Waals surface area contributed by atoms with Crippen molar-refractivity contribution >= 4 is 79.7 Å². The zero-order valence-electron chi connectivity index (χ0n) is 19.3. The van der Waals surface area contributed by atoms with Gasteiger partial charge in [0.05, 0.1) is 17.1 Å². The summed E-state index contributed by atoms with van der Waals surface area (Å²) in [4.78, 5) is 24.9. The van der Waals surface area contributed by atoms with Crippen LogP contribution in [0, 0.1) is 5.77 Å². The van der Waals surface area contributed by atoms with E-state index in [-0.39, 0.29) is 11.8 Å². The first-order valence-electron chi connectivity index (χ1n) is 12.1. The summed E-state index contributed by atoms with van der Waals surface area (Å²) < 4.78 is 2.03. The number of unbranched alkanes of at least 4 members (excludes halogenated alkanes) is 12. The molecule has 0 aliphatic heterocycles. The number of nitrogens with one attached hydrogen (secondary N) is 2. The Morgan fingerprint density at radius 2 is 0.935 bits per heavy atom. The number of amides is 2. The highest BCUT2D eigenvalue weighted by atomic mass is 127. The molecule has 4 nitrogen and oxygen atoms in total. The summed E-state index contributed by atoms with van der Waals surface area (Å²) in [5, 5.41) is 6.11. The predicted octanol–water partition coefficient (Wildman–Crippen LogP) is 9.12. The SMILES string of the molecule is CCCCCCCCCC(=O)Nc1c(I)sc(I)c1NC(=O)CCCCCCCCC. The Morgan fingerprint density at radius 1 is 0.613 bits per heavy atom. The van der Waals surface area contributed by atoms with Crippen LogP contribution in [0.25, 0.3) is 0 Å². The molecule has 7 heteroatoms. The van der Waals surface area contributed by atoms with Crippen molar-refractivity contribution in [3.8, 4) is 0 Å². The second-order valence-corrected chi connectivity index (χ2v) is 12.9. The molecule has 0 radical (unpaired) electrons. The fourth-order valence-electron chi connectivity index (χ4n) is 3.49. The number of hydrogen-bond acceptors (Lipinski definition) is 3. The van der Waals surface area contributed by atoms with E-state index in [9.17, 15) is 9.59 Å². The molecule has 1 aromatic heterocycles. The molecule has 0 aliphatic carbocycles. The highest BCUT2D eigenvalue weighted by Crippen LogP contribution is 2.40. The second kappa shape index (κ2) is 18.5. The first kappa shape index (κ1) is 29.1. The van der Waals surface area contributed by atoms with Crippen LogP contribution in [0.3, 0.4) is 0 Å². The molecule has 0 unspecified atom stereocenters. The molecule has 1 heterocycles. The minimum Gasteiger partial charge on any atom is -0.323 e. The molecule has 178 valence electrons. The lowest BCUT2D eigenvalue weighted by Gasteiger charge is -2.10. The zero-order chi connectivity index (χ0) is 22.9. The molecule has 2 amide bonds. The van der Waals surface area contributed by atoms with Gasteiger partial charge in [0, 0.05) is 12.8 Å². The summed E-state index contributed by atoms with van der Waals surface area (Å²) in [7, 11) is 0. The van der Waals surface area contributed by atoms with Crippen LogP contribution in [0.15, 0.2) is 0 Å². The van der Waals surface area contributed by atoms with E-state index in [1.54, 1.807) is 11.3 Å². The Morgan fingerprint density at radius 3 is 1.29 bits per heavy atom. The van der Waals surface area contributed by atoms with Gasteiger partial charge >= 0.3 is 0 Å². The van der Waals surface area contributed by atoms with Gasteiger partial charge in [-0.2, -0.15) is 0 Å². The Kier molecular flexibility index (Phi) is 17.4. The molecule has 1 rings (SSSR count). The zero-order valence-corrected chi connectivity index (χ0v) is 24.4. The van der Waals surface area contributed by atoms with Gasteiger partial charge in [0.1, 0.15) is 0 Å². The van der Waals surface area contributed by atoms with Gasteiger partial charge in [-0.25, -0.2) is 0 Å². The average Bonchev–Trinajstić information content (AvgIpc) is 2.99. The number of thiophene rings is 1. The van der Waals surface area contributed by atoms with E-state index in [1.165, 1.54) is 64.2 Å². The summed E-state index contributed by atoms with van der Waals surface area (Å²) >= 11 is 6.10. The number of halogens is 2. The van der Waals surface area contributed by atoms with E-state index >= 15 is 0 Å². The fraction of sp³-hybridized carbons (Fsp3) is 0.750. The van der Waals surface area contributed by atoms with Gasteiger partial charge in [-0.3, -0.25) is 9.59 Å². The van der Waals surface area contributed by atoms with Crippen molar-refractivity contribution in [3.05, 3.63) is 5.77 Å². The Bertz CT molecular complexity index is 597. The Hall–Kier alpha value is 0.1000. The maximum Gasteiger partial charge on any atom is 0.224 e. The van der Waals surface area contributed by atoms with Crippen LogP contribution in [-0.4, -0.2) is 11.8 Å². The summed E-state index contributed by atoms with van der Waals surface area (Å²) in [5.74, 6) is 0.0894. The molecular weight excluding hydrogens is 634 g/mol. The van der Waals surface area contributed by atoms with Gasteiger partial charge in [0.15, 0.2) is 0 Å². The molecule has 31 heavy (non-hydrogen) atoms. The molecule has 0 saturated heterocycles. The van der Waals surface area contributed by atoms with E-state index < -0.39 is 0 Å². The van der Waals surface area contributed by atoms with Crippen molar-refractivity contribution in [3.63, 3.8) is 0 Å². The number of carbonyl (C=O) groups excluding carboxylic acids is 2. The molecule has 0 atom stereocenters. The van der Waals surface area contributed by atoms with Gasteiger partial charge in [-0.15, -0.1) is 11.3 Å². The molecule has 0 bridgehead atoms. The van der Waals surface area contributed by atoms with Crippen LogP contribution >= 0.6 is 56.5 Å². The Balaban J connectivity index is 2.38. The second-order valence-electron chi connectivity index (χ2n) is 8.24. The van der Waals surface area contributed by atoms with Crippen molar-refractivity contribution in [1.82, 2.24) is 0 Å². The first-order chi connectivity index (χ1) is 15.0. The normalized spacial score (nSPS) is 11.0. The molecular formula is C24H40I2N2O2S. The predicted molar refractivity (Wildman–Crippen MR) is 152 cm³/mol. The third-order valence-electron chi connectivity index (χ3n) is 5.37. The molecule has 0 aromatic carbocycles. The maximum atomic E-state index is 12.4. The molecule has 2 N–H and O–H groups in total. The molecule has 0 saturated carbocycles. The highest BCUT2D eigenvalue weighted by Gasteiger charge is 2.19. The number of anilines is 2. The van der Waals surface area contributed by atoms with Gasteiger partial charge in [0.25, 0.3) is 0 Å². The summed E-state index contributed by atoms with van der Waals surface area (Å²) in [6, 6.07) is 0. The first-order valence-corrected chi connectivity index (χ1v) is 15.0. The van der Waals surface area contributed by atoms with Crippen molar-refractivity contribution in [1.29, 1.82) is 0 Å². The van der Waals surface area contributed by atoms with Crippen molar-refractivity contribution in [2.75, 3.05) is 10.6 Å². The van der Waals surface area contributed by atoms with Crippen molar-refractivity contribution in [2.45, 2.75) is 117 Å². The topological polar surface area (TPSA) is 58.2 Å². The van der Waals surface area contributed by atoms with Crippen molar-refractivity contribution in [2.24, 2.45) is 0 Å². The van der Waals surface area contributed by atoms with Crippen LogP contribution in [0.5, 0.6) is 0 Å². The maximum absolute atomic E-state index is 12.4. The van der Waals surface area contributed by atoms with Crippen LogP contribution in [0.2, 0.25) is 0 Å².